The highest BCUT2D eigenvalue weighted by atomic mass is 16.5. The molecule has 0 radical (unpaired) electrons. The zero-order valence-electron chi connectivity index (χ0n) is 11.4. The van der Waals surface area contributed by atoms with Crippen LogP contribution in [0, 0.1) is 0 Å². The zero-order chi connectivity index (χ0) is 15.2. The van der Waals surface area contributed by atoms with E-state index in [-0.39, 0.29) is 11.8 Å². The molecule has 21 heavy (non-hydrogen) atoms. The zero-order valence-corrected chi connectivity index (χ0v) is 11.4. The summed E-state index contributed by atoms with van der Waals surface area (Å²) in [6.45, 7) is 0. The Hall–Kier alpha value is -2.86. The number of carbonyl (C=O) groups is 2. The summed E-state index contributed by atoms with van der Waals surface area (Å²) in [6.07, 6.45) is 0. The van der Waals surface area contributed by atoms with Crippen molar-refractivity contribution < 1.29 is 14.3 Å². The normalized spacial score (nSPS) is 9.81. The van der Waals surface area contributed by atoms with Gasteiger partial charge in [0.05, 0.1) is 7.11 Å². The molecule has 2 aromatic carbocycles. The average Bonchev–Trinajstić information content (AvgIpc) is 2.55. The Balaban J connectivity index is 2.06. The Kier molecular flexibility index (Phi) is 4.53. The molecule has 0 aromatic heterocycles. The molecule has 0 bridgehead atoms. The number of amides is 2. The largest absolute Gasteiger partial charge is 0.497 e. The molecule has 0 aliphatic rings. The van der Waals surface area contributed by atoms with E-state index < -0.39 is 0 Å². The maximum absolute atomic E-state index is 12.0. The van der Waals surface area contributed by atoms with Crippen molar-refractivity contribution in [1.29, 1.82) is 0 Å². The van der Waals surface area contributed by atoms with Crippen LogP contribution in [0.25, 0.3) is 0 Å². The SMILES string of the molecule is COc1ccc(C(=O)Nc2ccc(C(=O)NN)cc2)cc1. The van der Waals surface area contributed by atoms with Gasteiger partial charge in [0, 0.05) is 16.8 Å². The molecule has 0 aliphatic heterocycles. The lowest BCUT2D eigenvalue weighted by atomic mass is 10.1. The van der Waals surface area contributed by atoms with Crippen LogP contribution in [0.2, 0.25) is 0 Å². The van der Waals surface area contributed by atoms with Crippen LogP contribution in [0.15, 0.2) is 48.5 Å². The minimum absolute atomic E-state index is 0.242. The van der Waals surface area contributed by atoms with E-state index in [1.54, 1.807) is 55.6 Å². The summed E-state index contributed by atoms with van der Waals surface area (Å²) < 4.78 is 5.03. The van der Waals surface area contributed by atoms with E-state index in [4.69, 9.17) is 10.6 Å². The molecular weight excluding hydrogens is 270 g/mol. The highest BCUT2D eigenvalue weighted by Crippen LogP contribution is 2.14. The van der Waals surface area contributed by atoms with Gasteiger partial charge in [-0.3, -0.25) is 15.0 Å². The van der Waals surface area contributed by atoms with Crippen molar-refractivity contribution in [2.45, 2.75) is 0 Å². The number of nitrogen functional groups attached to an aromatic ring is 1. The van der Waals surface area contributed by atoms with Crippen molar-refractivity contribution in [1.82, 2.24) is 5.43 Å². The summed E-state index contributed by atoms with van der Waals surface area (Å²) in [5.41, 5.74) is 3.56. The molecule has 0 saturated heterocycles. The Bertz CT molecular complexity index is 636. The third-order valence-corrected chi connectivity index (χ3v) is 2.89. The predicted molar refractivity (Wildman–Crippen MR) is 79.0 cm³/mol. The lowest BCUT2D eigenvalue weighted by molar-refractivity contribution is 0.0953. The number of benzene rings is 2. The second kappa shape index (κ2) is 6.53. The summed E-state index contributed by atoms with van der Waals surface area (Å²) in [5, 5.41) is 2.74. The van der Waals surface area contributed by atoms with Crippen molar-refractivity contribution in [2.24, 2.45) is 5.84 Å². The van der Waals surface area contributed by atoms with Crippen molar-refractivity contribution in [3.63, 3.8) is 0 Å². The lowest BCUT2D eigenvalue weighted by Gasteiger charge is -2.07. The van der Waals surface area contributed by atoms with Crippen LogP contribution < -0.4 is 21.3 Å². The summed E-state index contributed by atoms with van der Waals surface area (Å²) in [4.78, 5) is 23.3. The van der Waals surface area contributed by atoms with Crippen molar-refractivity contribution in [2.75, 3.05) is 12.4 Å². The average molecular weight is 285 g/mol. The fourth-order valence-corrected chi connectivity index (χ4v) is 1.73. The topological polar surface area (TPSA) is 93.4 Å². The van der Waals surface area contributed by atoms with E-state index in [9.17, 15) is 9.59 Å². The Morgan fingerprint density at radius 3 is 1.95 bits per heavy atom. The number of hydrazine groups is 1. The molecule has 0 heterocycles. The smallest absolute Gasteiger partial charge is 0.265 e. The van der Waals surface area contributed by atoms with E-state index in [2.05, 4.69) is 5.32 Å². The Morgan fingerprint density at radius 2 is 1.43 bits per heavy atom. The third kappa shape index (κ3) is 3.58. The molecular formula is C15H15N3O3. The summed E-state index contributed by atoms with van der Waals surface area (Å²) in [5.74, 6) is 5.10. The van der Waals surface area contributed by atoms with Gasteiger partial charge in [-0.1, -0.05) is 0 Å². The van der Waals surface area contributed by atoms with Gasteiger partial charge in [-0.15, -0.1) is 0 Å². The van der Waals surface area contributed by atoms with Crippen LogP contribution in [0.5, 0.6) is 5.75 Å². The van der Waals surface area contributed by atoms with Crippen molar-refractivity contribution in [3.05, 3.63) is 59.7 Å². The molecule has 0 unspecified atom stereocenters. The van der Waals surface area contributed by atoms with Gasteiger partial charge in [-0.25, -0.2) is 5.84 Å². The number of methoxy groups -OCH3 is 1. The van der Waals surface area contributed by atoms with Crippen LogP contribution in [0.4, 0.5) is 5.69 Å². The molecule has 4 N–H and O–H groups in total. The number of carbonyl (C=O) groups excluding carboxylic acids is 2. The maximum Gasteiger partial charge on any atom is 0.265 e. The van der Waals surface area contributed by atoms with Gasteiger partial charge in [0.25, 0.3) is 11.8 Å². The molecule has 0 spiro atoms. The van der Waals surface area contributed by atoms with Gasteiger partial charge >= 0.3 is 0 Å². The first-order valence-electron chi connectivity index (χ1n) is 6.20. The number of anilines is 1. The molecule has 0 atom stereocenters. The van der Waals surface area contributed by atoms with Crippen molar-refractivity contribution in [3.8, 4) is 5.75 Å². The number of hydrogen-bond donors (Lipinski definition) is 3. The number of hydrogen-bond acceptors (Lipinski definition) is 4. The fourth-order valence-electron chi connectivity index (χ4n) is 1.73. The second-order valence-electron chi connectivity index (χ2n) is 4.23. The number of ether oxygens (including phenoxy) is 1. The summed E-state index contributed by atoms with van der Waals surface area (Å²) in [7, 11) is 1.56. The molecule has 0 fully saturated rings. The summed E-state index contributed by atoms with van der Waals surface area (Å²) in [6, 6.07) is 13.2. The first-order chi connectivity index (χ1) is 10.1. The van der Waals surface area contributed by atoms with Gasteiger partial charge in [0.15, 0.2) is 0 Å². The summed E-state index contributed by atoms with van der Waals surface area (Å²) >= 11 is 0. The van der Waals surface area contributed by atoms with Gasteiger partial charge in [0.1, 0.15) is 5.75 Å². The van der Waals surface area contributed by atoms with E-state index in [1.807, 2.05) is 5.43 Å². The van der Waals surface area contributed by atoms with Crippen LogP contribution in [-0.2, 0) is 0 Å². The van der Waals surface area contributed by atoms with E-state index in [0.717, 1.165) is 0 Å². The minimum atomic E-state index is -0.386. The Morgan fingerprint density at radius 1 is 0.905 bits per heavy atom. The van der Waals surface area contributed by atoms with Crippen molar-refractivity contribution >= 4 is 17.5 Å². The Labute approximate surface area is 121 Å². The number of rotatable bonds is 4. The molecule has 6 nitrogen and oxygen atoms in total. The second-order valence-corrected chi connectivity index (χ2v) is 4.23. The molecule has 6 heteroatoms. The molecule has 2 amide bonds. The fraction of sp³-hybridized carbons (Fsp3) is 0.0667. The lowest BCUT2D eigenvalue weighted by Crippen LogP contribution is -2.29. The molecule has 0 aliphatic carbocycles. The first-order valence-corrected chi connectivity index (χ1v) is 6.20. The van der Waals surface area contributed by atoms with Gasteiger partial charge in [-0.05, 0) is 48.5 Å². The number of nitrogens with one attached hydrogen (secondary N) is 2. The van der Waals surface area contributed by atoms with Crippen LogP contribution in [0.1, 0.15) is 20.7 Å². The van der Waals surface area contributed by atoms with E-state index >= 15 is 0 Å². The number of nitrogens with two attached hydrogens (primary N) is 1. The highest BCUT2D eigenvalue weighted by Gasteiger charge is 2.07. The van der Waals surface area contributed by atoms with Crippen LogP contribution in [0.3, 0.4) is 0 Å². The minimum Gasteiger partial charge on any atom is -0.497 e. The molecule has 2 rings (SSSR count). The van der Waals surface area contributed by atoms with Crippen LogP contribution >= 0.6 is 0 Å². The predicted octanol–water partition coefficient (Wildman–Crippen LogP) is 1.55. The third-order valence-electron chi connectivity index (χ3n) is 2.89. The maximum atomic E-state index is 12.0. The van der Waals surface area contributed by atoms with E-state index in [1.165, 1.54) is 0 Å². The molecule has 108 valence electrons. The first kappa shape index (κ1) is 14.5. The van der Waals surface area contributed by atoms with Gasteiger partial charge in [0.2, 0.25) is 0 Å². The van der Waals surface area contributed by atoms with E-state index in [0.29, 0.717) is 22.6 Å². The quantitative estimate of drug-likeness (QED) is 0.451. The highest BCUT2D eigenvalue weighted by molar-refractivity contribution is 6.04. The van der Waals surface area contributed by atoms with Gasteiger partial charge in [-0.2, -0.15) is 0 Å². The standard InChI is InChI=1S/C15H15N3O3/c1-21-13-8-4-10(5-9-13)14(19)17-12-6-2-11(3-7-12)15(20)18-16/h2-9H,16H2,1H3,(H,17,19)(H,18,20). The monoisotopic (exact) mass is 285 g/mol. The van der Waals surface area contributed by atoms with Crippen LogP contribution in [-0.4, -0.2) is 18.9 Å². The molecule has 0 saturated carbocycles. The molecule has 2 aromatic rings. The van der Waals surface area contributed by atoms with Gasteiger partial charge < -0.3 is 10.1 Å².